The molecule has 3 rings (SSSR count). The molecule has 22 heavy (non-hydrogen) atoms. The quantitative estimate of drug-likeness (QED) is 0.773. The fraction of sp³-hybridized carbons (Fsp3) is 0.214. The number of benzene rings is 1. The zero-order valence-corrected chi connectivity index (χ0v) is 14.1. The molecule has 0 amide bonds. The van der Waals surface area contributed by atoms with E-state index in [-0.39, 0.29) is 11.6 Å². The first-order valence-electron chi connectivity index (χ1n) is 6.53. The molecule has 5 nitrogen and oxygen atoms in total. The lowest BCUT2D eigenvalue weighted by Gasteiger charge is -2.14. The molecule has 0 aliphatic carbocycles. The van der Waals surface area contributed by atoms with Gasteiger partial charge in [-0.25, -0.2) is 4.98 Å². The number of anilines is 1. The lowest BCUT2D eigenvalue weighted by Crippen LogP contribution is -2.15. The maximum atomic E-state index is 11.9. The van der Waals surface area contributed by atoms with Crippen LogP contribution in [0.15, 0.2) is 29.1 Å². The molecule has 0 spiro atoms. The Morgan fingerprint density at radius 2 is 2.09 bits per heavy atom. The second-order valence-corrected chi connectivity index (χ2v) is 6.67. The van der Waals surface area contributed by atoms with Crippen molar-refractivity contribution < 1.29 is 0 Å². The number of hydrogen-bond acceptors (Lipinski definition) is 5. The second-order valence-electron chi connectivity index (χ2n) is 4.87. The summed E-state index contributed by atoms with van der Waals surface area (Å²) in [6.45, 7) is 3.74. The van der Waals surface area contributed by atoms with Crippen molar-refractivity contribution in [3.8, 4) is 0 Å². The Bertz CT molecular complexity index is 905. The van der Waals surface area contributed by atoms with Crippen molar-refractivity contribution in [2.45, 2.75) is 19.9 Å². The molecular formula is C14H12Cl2N4OS. The van der Waals surface area contributed by atoms with Crippen molar-refractivity contribution in [2.24, 2.45) is 0 Å². The summed E-state index contributed by atoms with van der Waals surface area (Å²) in [4.78, 5) is 16.7. The molecule has 3 aromatic rings. The SMILES string of the molecule is Cc1cc(=O)n2nc(N[C@@H](C)c3ccc(Cl)cc3Cl)sc2n1. The minimum absolute atomic E-state index is 0.0814. The first-order chi connectivity index (χ1) is 10.4. The minimum atomic E-state index is -0.191. The molecule has 114 valence electrons. The van der Waals surface area contributed by atoms with Crippen LogP contribution in [-0.2, 0) is 0 Å². The molecule has 1 N–H and O–H groups in total. The van der Waals surface area contributed by atoms with E-state index in [0.29, 0.717) is 25.8 Å². The Morgan fingerprint density at radius 1 is 1.32 bits per heavy atom. The zero-order valence-electron chi connectivity index (χ0n) is 11.8. The molecule has 0 unspecified atom stereocenters. The number of aromatic nitrogens is 3. The highest BCUT2D eigenvalue weighted by molar-refractivity contribution is 7.20. The average Bonchev–Trinajstić information content (AvgIpc) is 2.81. The first kappa shape index (κ1) is 15.3. The third-order valence-electron chi connectivity index (χ3n) is 3.14. The molecule has 0 saturated heterocycles. The molecule has 1 aromatic carbocycles. The molecule has 8 heteroatoms. The summed E-state index contributed by atoms with van der Waals surface area (Å²) in [5.74, 6) is 0. The van der Waals surface area contributed by atoms with Crippen molar-refractivity contribution in [1.82, 2.24) is 14.6 Å². The highest BCUT2D eigenvalue weighted by Crippen LogP contribution is 2.29. The van der Waals surface area contributed by atoms with Gasteiger partial charge < -0.3 is 5.32 Å². The molecular weight excluding hydrogens is 343 g/mol. The minimum Gasteiger partial charge on any atom is -0.354 e. The van der Waals surface area contributed by atoms with Gasteiger partial charge in [0.25, 0.3) is 5.56 Å². The van der Waals surface area contributed by atoms with Gasteiger partial charge in [0.2, 0.25) is 10.1 Å². The van der Waals surface area contributed by atoms with Crippen molar-refractivity contribution in [3.63, 3.8) is 0 Å². The van der Waals surface area contributed by atoms with Gasteiger partial charge in [-0.05, 0) is 31.5 Å². The van der Waals surface area contributed by atoms with Crippen LogP contribution in [0.2, 0.25) is 10.0 Å². The van der Waals surface area contributed by atoms with Crippen LogP contribution in [0.5, 0.6) is 0 Å². The van der Waals surface area contributed by atoms with Crippen LogP contribution < -0.4 is 10.9 Å². The Morgan fingerprint density at radius 3 is 2.82 bits per heavy atom. The highest BCUT2D eigenvalue weighted by atomic mass is 35.5. The van der Waals surface area contributed by atoms with Gasteiger partial charge in [-0.2, -0.15) is 4.52 Å². The molecule has 2 heterocycles. The molecule has 0 aliphatic rings. The van der Waals surface area contributed by atoms with Crippen molar-refractivity contribution in [1.29, 1.82) is 0 Å². The van der Waals surface area contributed by atoms with Gasteiger partial charge in [-0.3, -0.25) is 4.79 Å². The van der Waals surface area contributed by atoms with Gasteiger partial charge >= 0.3 is 0 Å². The molecule has 1 atom stereocenters. The van der Waals surface area contributed by atoms with Crippen LogP contribution >= 0.6 is 34.5 Å². The Kier molecular flexibility index (Phi) is 4.08. The zero-order chi connectivity index (χ0) is 15.9. The topological polar surface area (TPSA) is 59.3 Å². The number of rotatable bonds is 3. The van der Waals surface area contributed by atoms with E-state index < -0.39 is 0 Å². The second kappa shape index (κ2) is 5.87. The largest absolute Gasteiger partial charge is 0.354 e. The predicted molar refractivity (Wildman–Crippen MR) is 90.4 cm³/mol. The molecule has 2 aromatic heterocycles. The van der Waals surface area contributed by atoms with E-state index in [9.17, 15) is 4.79 Å². The maximum Gasteiger partial charge on any atom is 0.275 e. The van der Waals surface area contributed by atoms with Gasteiger partial charge in [-0.15, -0.1) is 5.10 Å². The van der Waals surface area contributed by atoms with E-state index in [2.05, 4.69) is 15.4 Å². The Labute approximate surface area is 140 Å². The average molecular weight is 355 g/mol. The highest BCUT2D eigenvalue weighted by Gasteiger charge is 2.13. The van der Waals surface area contributed by atoms with Gasteiger partial charge in [-0.1, -0.05) is 40.6 Å². The van der Waals surface area contributed by atoms with Crippen LogP contribution in [0.4, 0.5) is 5.13 Å². The van der Waals surface area contributed by atoms with E-state index >= 15 is 0 Å². The summed E-state index contributed by atoms with van der Waals surface area (Å²) < 4.78 is 1.29. The standard InChI is InChI=1S/C14H12Cl2N4OS/c1-7-5-12(21)20-14(17-7)22-13(19-20)18-8(2)10-4-3-9(15)6-11(10)16/h3-6,8H,1-2H3,(H,18,19)/t8-/m0/s1. The van der Waals surface area contributed by atoms with E-state index in [1.807, 2.05) is 13.0 Å². The van der Waals surface area contributed by atoms with Gasteiger partial charge in [0.05, 0.1) is 6.04 Å². The lowest BCUT2D eigenvalue weighted by atomic mass is 10.1. The normalized spacial score (nSPS) is 12.5. The number of nitrogens with zero attached hydrogens (tertiary/aromatic N) is 3. The molecule has 0 bridgehead atoms. The lowest BCUT2D eigenvalue weighted by molar-refractivity contribution is 0.845. The molecule has 0 aliphatic heterocycles. The number of fused-ring (bicyclic) bond motifs is 1. The first-order valence-corrected chi connectivity index (χ1v) is 8.10. The van der Waals surface area contributed by atoms with Crippen LogP contribution in [0, 0.1) is 6.92 Å². The summed E-state index contributed by atoms with van der Waals surface area (Å²) in [5.41, 5.74) is 1.39. The number of hydrogen-bond donors (Lipinski definition) is 1. The smallest absolute Gasteiger partial charge is 0.275 e. The number of nitrogens with one attached hydrogen (secondary N) is 1. The van der Waals surface area contributed by atoms with Gasteiger partial charge in [0, 0.05) is 21.8 Å². The fourth-order valence-electron chi connectivity index (χ4n) is 2.09. The summed E-state index contributed by atoms with van der Waals surface area (Å²) in [6, 6.07) is 6.72. The van der Waals surface area contributed by atoms with E-state index in [0.717, 1.165) is 5.56 Å². The van der Waals surface area contributed by atoms with Crippen molar-refractivity contribution in [2.75, 3.05) is 5.32 Å². The van der Waals surface area contributed by atoms with Crippen LogP contribution in [0.3, 0.4) is 0 Å². The summed E-state index contributed by atoms with van der Waals surface area (Å²) >= 11 is 13.4. The van der Waals surface area contributed by atoms with Gasteiger partial charge in [0.1, 0.15) is 0 Å². The third kappa shape index (κ3) is 2.95. The van der Waals surface area contributed by atoms with Gasteiger partial charge in [0.15, 0.2) is 0 Å². The summed E-state index contributed by atoms with van der Waals surface area (Å²) in [7, 11) is 0. The van der Waals surface area contributed by atoms with Crippen LogP contribution in [0.25, 0.3) is 4.96 Å². The number of aryl methyl sites for hydroxylation is 1. The fourth-order valence-corrected chi connectivity index (χ4v) is 3.60. The summed E-state index contributed by atoms with van der Waals surface area (Å²) in [6.07, 6.45) is 0. The third-order valence-corrected chi connectivity index (χ3v) is 4.54. The molecule has 0 radical (unpaired) electrons. The Balaban J connectivity index is 1.92. The summed E-state index contributed by atoms with van der Waals surface area (Å²) in [5, 5.41) is 9.26. The number of halogens is 2. The molecule has 0 saturated carbocycles. The predicted octanol–water partition coefficient (Wildman–Crippen LogP) is 3.94. The Hall–Kier alpha value is -1.63. The maximum absolute atomic E-state index is 11.9. The van der Waals surface area contributed by atoms with E-state index in [4.69, 9.17) is 23.2 Å². The van der Waals surface area contributed by atoms with Crippen molar-refractivity contribution in [3.05, 3.63) is 55.9 Å². The van der Waals surface area contributed by atoms with Crippen LogP contribution in [-0.4, -0.2) is 14.6 Å². The van der Waals surface area contributed by atoms with E-state index in [1.165, 1.54) is 21.9 Å². The molecule has 0 fully saturated rings. The monoisotopic (exact) mass is 354 g/mol. The van der Waals surface area contributed by atoms with E-state index in [1.54, 1.807) is 19.1 Å². The van der Waals surface area contributed by atoms with Crippen molar-refractivity contribution >= 4 is 44.6 Å². The van der Waals surface area contributed by atoms with Crippen LogP contribution in [0.1, 0.15) is 24.2 Å².